The molecule has 0 aliphatic carbocycles. The molecule has 0 spiro atoms. The first-order valence-corrected chi connectivity index (χ1v) is 9.21. The molecule has 0 radical (unpaired) electrons. The molecule has 1 aromatic rings. The number of halogens is 1. The molecular weight excluding hydrogens is 340 g/mol. The highest BCUT2D eigenvalue weighted by Crippen LogP contribution is 2.23. The minimum atomic E-state index is -3.56. The lowest BCUT2D eigenvalue weighted by molar-refractivity contribution is 0.522. The number of nitrogen functional groups attached to an aromatic ring is 1. The normalized spacial score (nSPS) is 13.3. The molecule has 1 unspecified atom stereocenters. The van der Waals surface area contributed by atoms with Crippen LogP contribution in [0.1, 0.15) is 46.0 Å². The van der Waals surface area contributed by atoms with E-state index >= 15 is 0 Å². The number of hydrogen-bond acceptors (Lipinski definition) is 3. The van der Waals surface area contributed by atoms with E-state index in [4.69, 9.17) is 5.73 Å². The van der Waals surface area contributed by atoms with E-state index in [1.165, 1.54) is 18.9 Å². The van der Waals surface area contributed by atoms with Gasteiger partial charge in [-0.05, 0) is 31.5 Å². The Morgan fingerprint density at radius 3 is 2.65 bits per heavy atom. The van der Waals surface area contributed by atoms with Crippen molar-refractivity contribution in [2.24, 2.45) is 0 Å². The van der Waals surface area contributed by atoms with Gasteiger partial charge in [-0.15, -0.1) is 0 Å². The number of unbranched alkanes of at least 4 members (excludes halogenated alkanes) is 3. The molecule has 0 saturated heterocycles. The van der Waals surface area contributed by atoms with Crippen molar-refractivity contribution in [3.8, 4) is 0 Å². The second-order valence-corrected chi connectivity index (χ2v) is 7.65. The Hall–Kier alpha value is -0.590. The van der Waals surface area contributed by atoms with Crippen LogP contribution in [0.5, 0.6) is 0 Å². The first kappa shape index (κ1) is 17.5. The van der Waals surface area contributed by atoms with Crippen LogP contribution in [0.2, 0.25) is 0 Å². The molecule has 0 saturated carbocycles. The molecule has 1 atom stereocenters. The molecule has 114 valence electrons. The monoisotopic (exact) mass is 362 g/mol. The fourth-order valence-corrected chi connectivity index (χ4v) is 3.95. The van der Waals surface area contributed by atoms with Gasteiger partial charge in [0.25, 0.3) is 0 Å². The first-order chi connectivity index (χ1) is 9.36. The molecule has 0 amide bonds. The van der Waals surface area contributed by atoms with Crippen LogP contribution < -0.4 is 10.5 Å². The first-order valence-electron chi connectivity index (χ1n) is 6.94. The molecule has 4 nitrogen and oxygen atoms in total. The molecule has 3 N–H and O–H groups in total. The lowest BCUT2D eigenvalue weighted by atomic mass is 10.1. The van der Waals surface area contributed by atoms with E-state index in [0.717, 1.165) is 19.3 Å². The maximum absolute atomic E-state index is 12.3. The Kier molecular flexibility index (Phi) is 6.99. The molecule has 0 aromatic heterocycles. The summed E-state index contributed by atoms with van der Waals surface area (Å²) < 4.78 is 28.0. The molecule has 0 bridgehead atoms. The number of anilines is 1. The number of hydrogen-bond donors (Lipinski definition) is 2. The highest BCUT2D eigenvalue weighted by Gasteiger charge is 2.20. The average molecular weight is 363 g/mol. The van der Waals surface area contributed by atoms with Gasteiger partial charge in [0.15, 0.2) is 0 Å². The summed E-state index contributed by atoms with van der Waals surface area (Å²) in [5, 5.41) is 0. The van der Waals surface area contributed by atoms with Gasteiger partial charge in [0, 0.05) is 10.5 Å². The zero-order valence-corrected chi connectivity index (χ0v) is 14.4. The third kappa shape index (κ3) is 5.42. The summed E-state index contributed by atoms with van der Waals surface area (Å²) in [7, 11) is -3.56. The SMILES string of the molecule is CCCCCCC(C)NS(=O)(=O)c1cc(Br)ccc1N. The number of benzene rings is 1. The van der Waals surface area contributed by atoms with Gasteiger partial charge < -0.3 is 5.73 Å². The zero-order chi connectivity index (χ0) is 15.2. The van der Waals surface area contributed by atoms with E-state index < -0.39 is 10.0 Å². The van der Waals surface area contributed by atoms with Crippen molar-refractivity contribution in [2.75, 3.05) is 5.73 Å². The molecule has 0 aliphatic rings. The van der Waals surface area contributed by atoms with Crippen LogP contribution in [0.15, 0.2) is 27.6 Å². The van der Waals surface area contributed by atoms with Crippen LogP contribution in [0, 0.1) is 0 Å². The second kappa shape index (κ2) is 8.00. The second-order valence-electron chi connectivity index (χ2n) is 5.05. The third-order valence-electron chi connectivity index (χ3n) is 3.11. The molecular formula is C14H23BrN2O2S. The van der Waals surface area contributed by atoms with Crippen LogP contribution in [0.3, 0.4) is 0 Å². The largest absolute Gasteiger partial charge is 0.398 e. The van der Waals surface area contributed by atoms with E-state index in [1.54, 1.807) is 12.1 Å². The van der Waals surface area contributed by atoms with E-state index in [1.807, 2.05) is 6.92 Å². The van der Waals surface area contributed by atoms with E-state index in [9.17, 15) is 8.42 Å². The van der Waals surface area contributed by atoms with Gasteiger partial charge in [0.1, 0.15) is 4.90 Å². The summed E-state index contributed by atoms with van der Waals surface area (Å²) in [6.07, 6.45) is 5.38. The molecule has 6 heteroatoms. The highest BCUT2D eigenvalue weighted by molar-refractivity contribution is 9.10. The summed E-state index contributed by atoms with van der Waals surface area (Å²) in [5.74, 6) is 0. The fourth-order valence-electron chi connectivity index (χ4n) is 2.01. The minimum Gasteiger partial charge on any atom is -0.398 e. The van der Waals surface area contributed by atoms with Crippen LogP contribution in [-0.2, 0) is 10.0 Å². The van der Waals surface area contributed by atoms with Crippen LogP contribution in [0.25, 0.3) is 0 Å². The zero-order valence-electron chi connectivity index (χ0n) is 12.0. The van der Waals surface area contributed by atoms with Gasteiger partial charge in [-0.1, -0.05) is 48.5 Å². The Morgan fingerprint density at radius 2 is 2.00 bits per heavy atom. The van der Waals surface area contributed by atoms with Gasteiger partial charge in [-0.25, -0.2) is 13.1 Å². The van der Waals surface area contributed by atoms with E-state index in [-0.39, 0.29) is 16.6 Å². The Morgan fingerprint density at radius 1 is 1.30 bits per heavy atom. The Labute approximate surface area is 130 Å². The lowest BCUT2D eigenvalue weighted by Crippen LogP contribution is -2.33. The lowest BCUT2D eigenvalue weighted by Gasteiger charge is -2.15. The van der Waals surface area contributed by atoms with Crippen molar-refractivity contribution >= 4 is 31.6 Å². The van der Waals surface area contributed by atoms with Crippen molar-refractivity contribution in [3.05, 3.63) is 22.7 Å². The van der Waals surface area contributed by atoms with Gasteiger partial charge in [-0.3, -0.25) is 0 Å². The van der Waals surface area contributed by atoms with Crippen LogP contribution in [0.4, 0.5) is 5.69 Å². The quantitative estimate of drug-likeness (QED) is 0.547. The third-order valence-corrected chi connectivity index (χ3v) is 5.25. The van der Waals surface area contributed by atoms with Crippen LogP contribution in [-0.4, -0.2) is 14.5 Å². The molecule has 0 aliphatic heterocycles. The van der Waals surface area contributed by atoms with Gasteiger partial charge in [-0.2, -0.15) is 0 Å². The maximum atomic E-state index is 12.3. The minimum absolute atomic E-state index is 0.0877. The summed E-state index contributed by atoms with van der Waals surface area (Å²) in [6.45, 7) is 4.04. The average Bonchev–Trinajstić information content (AvgIpc) is 2.37. The van der Waals surface area contributed by atoms with Gasteiger partial charge >= 0.3 is 0 Å². The Bertz CT molecular complexity index is 532. The molecule has 1 aromatic carbocycles. The van der Waals surface area contributed by atoms with Crippen molar-refractivity contribution in [3.63, 3.8) is 0 Å². The van der Waals surface area contributed by atoms with E-state index in [0.29, 0.717) is 4.47 Å². The number of nitrogens with two attached hydrogens (primary N) is 1. The van der Waals surface area contributed by atoms with Gasteiger partial charge in [0.2, 0.25) is 10.0 Å². The predicted molar refractivity (Wildman–Crippen MR) is 87.1 cm³/mol. The summed E-state index contributed by atoms with van der Waals surface area (Å²) >= 11 is 3.27. The van der Waals surface area contributed by atoms with Gasteiger partial charge in [0.05, 0.1) is 5.69 Å². The Balaban J connectivity index is 2.67. The van der Waals surface area contributed by atoms with E-state index in [2.05, 4.69) is 27.6 Å². The topological polar surface area (TPSA) is 72.2 Å². The number of nitrogens with one attached hydrogen (secondary N) is 1. The van der Waals surface area contributed by atoms with Crippen LogP contribution >= 0.6 is 15.9 Å². The number of rotatable bonds is 8. The summed E-state index contributed by atoms with van der Waals surface area (Å²) in [4.78, 5) is 0.132. The maximum Gasteiger partial charge on any atom is 0.242 e. The fraction of sp³-hybridized carbons (Fsp3) is 0.571. The summed E-state index contributed by atoms with van der Waals surface area (Å²) in [5.41, 5.74) is 6.01. The van der Waals surface area contributed by atoms with Crippen molar-refractivity contribution in [1.29, 1.82) is 0 Å². The smallest absolute Gasteiger partial charge is 0.242 e. The predicted octanol–water partition coefficient (Wildman–Crippen LogP) is 3.67. The standard InChI is InChI=1S/C14H23BrN2O2S/c1-3-4-5-6-7-11(2)17-20(18,19)14-10-12(15)8-9-13(14)16/h8-11,17H,3-7,16H2,1-2H3. The molecule has 0 heterocycles. The van der Waals surface area contributed by atoms with Crippen molar-refractivity contribution < 1.29 is 8.42 Å². The van der Waals surface area contributed by atoms with Crippen molar-refractivity contribution in [1.82, 2.24) is 4.72 Å². The molecule has 20 heavy (non-hydrogen) atoms. The highest BCUT2D eigenvalue weighted by atomic mass is 79.9. The molecule has 1 rings (SSSR count). The van der Waals surface area contributed by atoms with Crippen molar-refractivity contribution in [2.45, 2.75) is 56.9 Å². The molecule has 0 fully saturated rings. The number of sulfonamides is 1. The summed E-state index contributed by atoms with van der Waals surface area (Å²) in [6, 6.07) is 4.75.